The maximum Gasteiger partial charge on any atom is 0.201 e. The summed E-state index contributed by atoms with van der Waals surface area (Å²) in [6.07, 6.45) is 1.95. The van der Waals surface area contributed by atoms with E-state index in [4.69, 9.17) is 17.3 Å². The highest BCUT2D eigenvalue weighted by Crippen LogP contribution is 2.34. The molecule has 0 amide bonds. The molecule has 3 aromatic rings. The van der Waals surface area contributed by atoms with Crippen LogP contribution in [0, 0.1) is 5.82 Å². The third-order valence-electron chi connectivity index (χ3n) is 3.50. The lowest BCUT2D eigenvalue weighted by Gasteiger charge is -2.19. The Hall–Kier alpha value is -1.59. The Balaban J connectivity index is 2.21. The molecule has 110 valence electrons. The van der Waals surface area contributed by atoms with Gasteiger partial charge in [0.1, 0.15) is 5.82 Å². The molecule has 21 heavy (non-hydrogen) atoms. The number of aromatic nitrogens is 2. The fourth-order valence-corrected chi connectivity index (χ4v) is 3.60. The lowest BCUT2D eigenvalue weighted by molar-refractivity contribution is 0.560. The first-order valence-electron chi connectivity index (χ1n) is 6.77. The molecule has 6 heteroatoms. The average Bonchev–Trinajstić information content (AvgIpc) is 3.06. The van der Waals surface area contributed by atoms with Gasteiger partial charge < -0.3 is 10.3 Å². The number of nitrogen functional groups attached to an aromatic ring is 1. The van der Waals surface area contributed by atoms with Crippen molar-refractivity contribution in [3.05, 3.63) is 45.4 Å². The van der Waals surface area contributed by atoms with Crippen molar-refractivity contribution in [2.45, 2.75) is 25.8 Å². The zero-order valence-electron chi connectivity index (χ0n) is 11.5. The van der Waals surface area contributed by atoms with Crippen LogP contribution in [0.4, 0.5) is 10.3 Å². The number of rotatable bonds is 4. The van der Waals surface area contributed by atoms with Gasteiger partial charge in [-0.05, 0) is 23.9 Å². The summed E-state index contributed by atoms with van der Waals surface area (Å²) in [5.74, 6) is -0.0875. The molecule has 0 saturated heterocycles. The first-order chi connectivity index (χ1) is 10.1. The van der Waals surface area contributed by atoms with Crippen molar-refractivity contribution in [2.75, 3.05) is 5.73 Å². The smallest absolute Gasteiger partial charge is 0.201 e. The van der Waals surface area contributed by atoms with E-state index >= 15 is 0 Å². The number of anilines is 1. The molecule has 3 rings (SSSR count). The van der Waals surface area contributed by atoms with Gasteiger partial charge in [-0.1, -0.05) is 31.0 Å². The number of thiophene rings is 1. The third kappa shape index (κ3) is 2.51. The number of fused-ring (bicyclic) bond motifs is 1. The molecule has 3 nitrogen and oxygen atoms in total. The predicted octanol–water partition coefficient (Wildman–Crippen LogP) is 4.86. The van der Waals surface area contributed by atoms with Crippen molar-refractivity contribution in [3.63, 3.8) is 0 Å². The van der Waals surface area contributed by atoms with Crippen LogP contribution in [-0.4, -0.2) is 9.55 Å². The molecule has 0 bridgehead atoms. The van der Waals surface area contributed by atoms with Gasteiger partial charge in [-0.15, -0.1) is 11.3 Å². The molecule has 0 radical (unpaired) electrons. The van der Waals surface area contributed by atoms with Gasteiger partial charge in [0.25, 0.3) is 0 Å². The van der Waals surface area contributed by atoms with E-state index in [9.17, 15) is 4.39 Å². The van der Waals surface area contributed by atoms with Gasteiger partial charge in [-0.25, -0.2) is 9.37 Å². The highest BCUT2D eigenvalue weighted by atomic mass is 35.5. The lowest BCUT2D eigenvalue weighted by Crippen LogP contribution is -2.12. The van der Waals surface area contributed by atoms with Crippen LogP contribution in [0.5, 0.6) is 0 Å². The van der Waals surface area contributed by atoms with Crippen molar-refractivity contribution < 1.29 is 4.39 Å². The molecule has 1 atom stereocenters. The van der Waals surface area contributed by atoms with Crippen LogP contribution in [0.1, 0.15) is 30.7 Å². The standard InChI is InChI=1S/C15H15ClFN3S/c1-2-4-12(14-5-3-6-21-14)20-13-7-9(16)10(17)8-11(13)19-15(20)18/h3,5-8,12H,2,4H2,1H3,(H2,18,19). The van der Waals surface area contributed by atoms with Gasteiger partial charge in [0, 0.05) is 10.9 Å². The van der Waals surface area contributed by atoms with Crippen molar-refractivity contribution >= 4 is 39.9 Å². The van der Waals surface area contributed by atoms with E-state index in [1.165, 1.54) is 10.9 Å². The molecule has 0 aliphatic carbocycles. The Morgan fingerprint density at radius 1 is 1.48 bits per heavy atom. The normalized spacial score (nSPS) is 12.9. The monoisotopic (exact) mass is 323 g/mol. The lowest BCUT2D eigenvalue weighted by atomic mass is 10.1. The number of hydrogen-bond acceptors (Lipinski definition) is 3. The van der Waals surface area contributed by atoms with Crippen molar-refractivity contribution in [1.82, 2.24) is 9.55 Å². The van der Waals surface area contributed by atoms with E-state index in [0.717, 1.165) is 18.4 Å². The van der Waals surface area contributed by atoms with Crippen LogP contribution >= 0.6 is 22.9 Å². The second-order valence-corrected chi connectivity index (χ2v) is 6.30. The zero-order valence-corrected chi connectivity index (χ0v) is 13.1. The SMILES string of the molecule is CCCC(c1cccs1)n1c(N)nc2cc(F)c(Cl)cc21. The fraction of sp³-hybridized carbons (Fsp3) is 0.267. The summed E-state index contributed by atoms with van der Waals surface area (Å²) >= 11 is 7.60. The van der Waals surface area contributed by atoms with Gasteiger partial charge in [-0.2, -0.15) is 0 Å². The maximum absolute atomic E-state index is 13.6. The van der Waals surface area contributed by atoms with E-state index in [0.29, 0.717) is 11.5 Å². The second-order valence-electron chi connectivity index (χ2n) is 4.91. The highest BCUT2D eigenvalue weighted by Gasteiger charge is 2.21. The number of imidazole rings is 1. The predicted molar refractivity (Wildman–Crippen MR) is 86.5 cm³/mol. The Morgan fingerprint density at radius 3 is 2.95 bits per heavy atom. The van der Waals surface area contributed by atoms with Gasteiger partial charge >= 0.3 is 0 Å². The Morgan fingerprint density at radius 2 is 2.29 bits per heavy atom. The summed E-state index contributed by atoms with van der Waals surface area (Å²) in [4.78, 5) is 5.49. The van der Waals surface area contributed by atoms with Gasteiger partial charge in [0.2, 0.25) is 5.95 Å². The summed E-state index contributed by atoms with van der Waals surface area (Å²) in [7, 11) is 0. The van der Waals surface area contributed by atoms with Crippen LogP contribution in [0.15, 0.2) is 29.6 Å². The molecule has 0 spiro atoms. The number of nitrogens with two attached hydrogens (primary N) is 1. The molecule has 0 aliphatic heterocycles. The fourth-order valence-electron chi connectivity index (χ4n) is 2.59. The summed E-state index contributed by atoms with van der Waals surface area (Å²) in [6, 6.07) is 7.14. The summed E-state index contributed by atoms with van der Waals surface area (Å²) in [5, 5.41) is 2.13. The Labute approximate surface area is 131 Å². The molecular weight excluding hydrogens is 309 g/mol. The molecule has 0 fully saturated rings. The molecule has 0 saturated carbocycles. The second kappa shape index (κ2) is 5.66. The van der Waals surface area contributed by atoms with Crippen LogP contribution in [0.25, 0.3) is 11.0 Å². The number of hydrogen-bond donors (Lipinski definition) is 1. The third-order valence-corrected chi connectivity index (χ3v) is 4.77. The quantitative estimate of drug-likeness (QED) is 0.745. The van der Waals surface area contributed by atoms with Gasteiger partial charge in [0.05, 0.1) is 22.1 Å². The van der Waals surface area contributed by atoms with E-state index in [1.54, 1.807) is 17.4 Å². The number of halogens is 2. The Bertz CT molecular complexity index is 767. The molecular formula is C15H15ClFN3S. The summed E-state index contributed by atoms with van der Waals surface area (Å²) in [6.45, 7) is 2.13. The molecule has 1 unspecified atom stereocenters. The average molecular weight is 324 g/mol. The Kier molecular flexibility index (Phi) is 3.87. The minimum Gasteiger partial charge on any atom is -0.369 e. The minimum atomic E-state index is -0.475. The van der Waals surface area contributed by atoms with E-state index in [1.807, 2.05) is 16.0 Å². The first kappa shape index (κ1) is 14.4. The van der Waals surface area contributed by atoms with Crippen LogP contribution in [0.2, 0.25) is 5.02 Å². The number of benzene rings is 1. The van der Waals surface area contributed by atoms with Gasteiger partial charge in [-0.3, -0.25) is 0 Å². The molecule has 2 N–H and O–H groups in total. The highest BCUT2D eigenvalue weighted by molar-refractivity contribution is 7.10. The zero-order chi connectivity index (χ0) is 15.0. The largest absolute Gasteiger partial charge is 0.369 e. The summed E-state index contributed by atoms with van der Waals surface area (Å²) in [5.41, 5.74) is 7.39. The van der Waals surface area contributed by atoms with E-state index in [-0.39, 0.29) is 11.1 Å². The number of nitrogens with zero attached hydrogens (tertiary/aromatic N) is 2. The topological polar surface area (TPSA) is 43.8 Å². The first-order valence-corrected chi connectivity index (χ1v) is 8.03. The van der Waals surface area contributed by atoms with E-state index < -0.39 is 5.82 Å². The van der Waals surface area contributed by atoms with Gasteiger partial charge in [0.15, 0.2) is 0 Å². The van der Waals surface area contributed by atoms with Crippen molar-refractivity contribution in [3.8, 4) is 0 Å². The van der Waals surface area contributed by atoms with Crippen LogP contribution < -0.4 is 5.73 Å². The molecule has 2 aromatic heterocycles. The van der Waals surface area contributed by atoms with Crippen molar-refractivity contribution in [2.24, 2.45) is 0 Å². The molecule has 0 aliphatic rings. The molecule has 2 heterocycles. The maximum atomic E-state index is 13.6. The van der Waals surface area contributed by atoms with Crippen LogP contribution in [0.3, 0.4) is 0 Å². The molecule has 1 aromatic carbocycles. The minimum absolute atomic E-state index is 0.0880. The van der Waals surface area contributed by atoms with Crippen molar-refractivity contribution in [1.29, 1.82) is 0 Å². The van der Waals surface area contributed by atoms with E-state index in [2.05, 4.69) is 18.0 Å². The van der Waals surface area contributed by atoms with Crippen LogP contribution in [-0.2, 0) is 0 Å². The summed E-state index contributed by atoms with van der Waals surface area (Å²) < 4.78 is 15.5.